The van der Waals surface area contributed by atoms with Gasteiger partial charge in [-0.05, 0) is 31.5 Å². The fourth-order valence-corrected chi connectivity index (χ4v) is 3.16. The van der Waals surface area contributed by atoms with Crippen molar-refractivity contribution in [2.75, 3.05) is 0 Å². The monoisotopic (exact) mass is 308 g/mol. The molecule has 0 fully saturated rings. The molecule has 0 bridgehead atoms. The zero-order valence-corrected chi connectivity index (χ0v) is 12.4. The van der Waals surface area contributed by atoms with Crippen LogP contribution in [0.4, 0.5) is 0 Å². The van der Waals surface area contributed by atoms with E-state index in [0.29, 0.717) is 11.1 Å². The number of rotatable bonds is 5. The molecule has 4 N–H and O–H groups in total. The molecule has 2 aromatic rings. The second-order valence-electron chi connectivity index (χ2n) is 4.72. The molecule has 21 heavy (non-hydrogen) atoms. The lowest BCUT2D eigenvalue weighted by molar-refractivity contribution is 0.0999. The van der Waals surface area contributed by atoms with Gasteiger partial charge >= 0.3 is 0 Å². The van der Waals surface area contributed by atoms with Crippen molar-refractivity contribution in [3.05, 3.63) is 47.3 Å². The molecule has 1 aromatic carbocycles. The van der Waals surface area contributed by atoms with E-state index in [1.54, 1.807) is 26.1 Å². The molecule has 8 heteroatoms. The summed E-state index contributed by atoms with van der Waals surface area (Å²) < 4.78 is 27.2. The SMILES string of the molecule is Cc1ccc(S(=O)(=O)NC(C)c2cn[nH]c2)cc1C(N)=O. The van der Waals surface area contributed by atoms with Crippen molar-refractivity contribution in [1.29, 1.82) is 0 Å². The van der Waals surface area contributed by atoms with E-state index in [0.717, 1.165) is 0 Å². The summed E-state index contributed by atoms with van der Waals surface area (Å²) in [6, 6.07) is 3.82. The molecular weight excluding hydrogens is 292 g/mol. The van der Waals surface area contributed by atoms with Gasteiger partial charge in [-0.2, -0.15) is 5.10 Å². The summed E-state index contributed by atoms with van der Waals surface area (Å²) in [7, 11) is -3.76. The van der Waals surface area contributed by atoms with E-state index in [1.165, 1.54) is 18.3 Å². The lowest BCUT2D eigenvalue weighted by Crippen LogP contribution is -2.27. The molecule has 0 saturated carbocycles. The van der Waals surface area contributed by atoms with Crippen molar-refractivity contribution < 1.29 is 13.2 Å². The number of amides is 1. The second-order valence-corrected chi connectivity index (χ2v) is 6.43. The highest BCUT2D eigenvalue weighted by Crippen LogP contribution is 2.18. The van der Waals surface area contributed by atoms with Gasteiger partial charge in [0.2, 0.25) is 15.9 Å². The Bertz CT molecular complexity index is 754. The average Bonchev–Trinajstić information content (AvgIpc) is 2.92. The van der Waals surface area contributed by atoms with Crippen LogP contribution in [-0.4, -0.2) is 24.5 Å². The van der Waals surface area contributed by atoms with Crippen LogP contribution in [0.25, 0.3) is 0 Å². The molecule has 0 radical (unpaired) electrons. The fourth-order valence-electron chi connectivity index (χ4n) is 1.90. The molecule has 1 atom stereocenters. The third kappa shape index (κ3) is 3.29. The Balaban J connectivity index is 2.32. The molecule has 1 unspecified atom stereocenters. The molecule has 7 nitrogen and oxygen atoms in total. The number of nitrogens with one attached hydrogen (secondary N) is 2. The van der Waals surface area contributed by atoms with Crippen molar-refractivity contribution in [1.82, 2.24) is 14.9 Å². The minimum absolute atomic E-state index is 0.00255. The highest BCUT2D eigenvalue weighted by Gasteiger charge is 2.20. The van der Waals surface area contributed by atoms with Crippen molar-refractivity contribution in [3.8, 4) is 0 Å². The van der Waals surface area contributed by atoms with Crippen LogP contribution in [0, 0.1) is 6.92 Å². The van der Waals surface area contributed by atoms with Gasteiger partial charge in [0, 0.05) is 23.4 Å². The van der Waals surface area contributed by atoms with E-state index in [2.05, 4.69) is 14.9 Å². The number of sulfonamides is 1. The number of aromatic amines is 1. The topological polar surface area (TPSA) is 118 Å². The van der Waals surface area contributed by atoms with Gasteiger partial charge in [0.15, 0.2) is 0 Å². The minimum Gasteiger partial charge on any atom is -0.366 e. The normalized spacial score (nSPS) is 13.0. The first kappa shape index (κ1) is 15.2. The predicted molar refractivity (Wildman–Crippen MR) is 77.0 cm³/mol. The number of aryl methyl sites for hydroxylation is 1. The highest BCUT2D eigenvalue weighted by molar-refractivity contribution is 7.89. The first-order valence-electron chi connectivity index (χ1n) is 6.22. The summed E-state index contributed by atoms with van der Waals surface area (Å²) in [6.45, 7) is 3.39. The Hall–Kier alpha value is -2.19. The quantitative estimate of drug-likeness (QED) is 0.759. The molecule has 0 aliphatic carbocycles. The standard InChI is InChI=1S/C13H16N4O3S/c1-8-3-4-11(5-12(8)13(14)18)21(19,20)17-9(2)10-6-15-16-7-10/h3-7,9,17H,1-2H3,(H2,14,18)(H,15,16). The number of nitrogens with two attached hydrogens (primary N) is 1. The number of carbonyl (C=O) groups is 1. The zero-order chi connectivity index (χ0) is 15.6. The van der Waals surface area contributed by atoms with Gasteiger partial charge in [-0.25, -0.2) is 13.1 Å². The summed E-state index contributed by atoms with van der Waals surface area (Å²) >= 11 is 0. The number of aromatic nitrogens is 2. The van der Waals surface area contributed by atoms with E-state index >= 15 is 0 Å². The Morgan fingerprint density at radius 1 is 1.43 bits per heavy atom. The van der Waals surface area contributed by atoms with Crippen LogP contribution in [0.15, 0.2) is 35.5 Å². The average molecular weight is 308 g/mol. The van der Waals surface area contributed by atoms with Crippen LogP contribution < -0.4 is 10.5 Å². The van der Waals surface area contributed by atoms with Crippen molar-refractivity contribution in [2.45, 2.75) is 24.8 Å². The molecule has 0 aliphatic heterocycles. The van der Waals surface area contributed by atoms with Crippen molar-refractivity contribution in [2.24, 2.45) is 5.73 Å². The first-order valence-corrected chi connectivity index (χ1v) is 7.71. The van der Waals surface area contributed by atoms with Gasteiger partial charge in [0.1, 0.15) is 0 Å². The number of H-pyrrole nitrogens is 1. The van der Waals surface area contributed by atoms with Gasteiger partial charge in [-0.3, -0.25) is 9.89 Å². The van der Waals surface area contributed by atoms with E-state index in [1.807, 2.05) is 0 Å². The lowest BCUT2D eigenvalue weighted by Gasteiger charge is -2.13. The molecular formula is C13H16N4O3S. The summed E-state index contributed by atoms with van der Waals surface area (Å²) in [6.07, 6.45) is 3.15. The second kappa shape index (κ2) is 5.66. The number of hydrogen-bond donors (Lipinski definition) is 3. The third-order valence-electron chi connectivity index (χ3n) is 3.14. The summed E-state index contributed by atoms with van der Waals surface area (Å²) in [5.41, 5.74) is 6.77. The maximum atomic E-state index is 12.3. The van der Waals surface area contributed by atoms with Gasteiger partial charge < -0.3 is 5.73 Å². The summed E-state index contributed by atoms with van der Waals surface area (Å²) in [5.74, 6) is -0.660. The third-order valence-corrected chi connectivity index (χ3v) is 4.67. The van der Waals surface area contributed by atoms with Gasteiger partial charge in [0.05, 0.1) is 11.1 Å². The van der Waals surface area contributed by atoms with E-state index in [9.17, 15) is 13.2 Å². The molecule has 1 amide bonds. The van der Waals surface area contributed by atoms with Crippen molar-refractivity contribution in [3.63, 3.8) is 0 Å². The number of carbonyl (C=O) groups excluding carboxylic acids is 1. The van der Waals surface area contributed by atoms with Crippen LogP contribution >= 0.6 is 0 Å². The number of benzene rings is 1. The minimum atomic E-state index is -3.76. The largest absolute Gasteiger partial charge is 0.366 e. The highest BCUT2D eigenvalue weighted by atomic mass is 32.2. The lowest BCUT2D eigenvalue weighted by atomic mass is 10.1. The van der Waals surface area contributed by atoms with Crippen LogP contribution in [-0.2, 0) is 10.0 Å². The van der Waals surface area contributed by atoms with Crippen LogP contribution in [0.2, 0.25) is 0 Å². The number of nitrogens with zero attached hydrogens (tertiary/aromatic N) is 1. The van der Waals surface area contributed by atoms with Gasteiger partial charge in [-0.15, -0.1) is 0 Å². The molecule has 0 saturated heterocycles. The van der Waals surface area contributed by atoms with E-state index in [-0.39, 0.29) is 10.5 Å². The van der Waals surface area contributed by atoms with Crippen LogP contribution in [0.5, 0.6) is 0 Å². The molecule has 112 valence electrons. The first-order chi connectivity index (χ1) is 9.81. The fraction of sp³-hybridized carbons (Fsp3) is 0.231. The van der Waals surface area contributed by atoms with E-state index in [4.69, 9.17) is 5.73 Å². The van der Waals surface area contributed by atoms with Crippen molar-refractivity contribution >= 4 is 15.9 Å². The van der Waals surface area contributed by atoms with Crippen LogP contribution in [0.3, 0.4) is 0 Å². The maximum absolute atomic E-state index is 12.3. The molecule has 1 heterocycles. The Kier molecular flexibility index (Phi) is 4.10. The van der Waals surface area contributed by atoms with Gasteiger partial charge in [-0.1, -0.05) is 6.07 Å². The number of primary amides is 1. The predicted octanol–water partition coefficient (Wildman–Crippen LogP) is 0.857. The Morgan fingerprint density at radius 3 is 2.71 bits per heavy atom. The maximum Gasteiger partial charge on any atom is 0.249 e. The van der Waals surface area contributed by atoms with Gasteiger partial charge in [0.25, 0.3) is 0 Å². The Labute approximate surface area is 122 Å². The summed E-state index contributed by atoms with van der Waals surface area (Å²) in [5, 5.41) is 6.40. The smallest absolute Gasteiger partial charge is 0.249 e. The zero-order valence-electron chi connectivity index (χ0n) is 11.6. The van der Waals surface area contributed by atoms with E-state index < -0.39 is 22.0 Å². The molecule has 0 aliphatic rings. The summed E-state index contributed by atoms with van der Waals surface area (Å²) in [4.78, 5) is 11.3. The van der Waals surface area contributed by atoms with Crippen LogP contribution in [0.1, 0.15) is 34.5 Å². The Morgan fingerprint density at radius 2 is 2.14 bits per heavy atom. The molecule has 1 aromatic heterocycles. The molecule has 2 rings (SSSR count). The molecule has 0 spiro atoms. The number of hydrogen-bond acceptors (Lipinski definition) is 4.